The Morgan fingerprint density at radius 2 is 1.72 bits per heavy atom. The molecule has 0 atom stereocenters. The van der Waals surface area contributed by atoms with E-state index in [4.69, 9.17) is 23.9 Å². The summed E-state index contributed by atoms with van der Waals surface area (Å²) >= 11 is 0. The number of piperidine rings is 1. The van der Waals surface area contributed by atoms with Crippen LogP contribution in [0.3, 0.4) is 0 Å². The molecule has 176 valence electrons. The summed E-state index contributed by atoms with van der Waals surface area (Å²) in [5.74, 6) is -0.120. The van der Waals surface area contributed by atoms with Gasteiger partial charge in [0.15, 0.2) is 12.6 Å². The molecule has 0 N–H and O–H groups in total. The number of hydrogen-bond donors (Lipinski definition) is 0. The molecule has 0 unspecified atom stereocenters. The molecule has 2 aliphatic heterocycles. The Morgan fingerprint density at radius 1 is 1.09 bits per heavy atom. The molecular formula is C23H32N2O7. The molecule has 1 aromatic rings. The number of methoxy groups -OCH3 is 1. The van der Waals surface area contributed by atoms with E-state index in [2.05, 4.69) is 0 Å². The van der Waals surface area contributed by atoms with Crippen LogP contribution in [0.25, 0.3) is 5.57 Å². The maximum atomic E-state index is 13.8. The second-order valence-electron chi connectivity index (χ2n) is 8.04. The lowest BCUT2D eigenvalue weighted by Gasteiger charge is -2.43. The molecular weight excluding hydrogens is 416 g/mol. The van der Waals surface area contributed by atoms with Crippen LogP contribution in [0.1, 0.15) is 42.0 Å². The first kappa shape index (κ1) is 24.2. The zero-order chi connectivity index (χ0) is 23.5. The molecule has 9 heteroatoms. The van der Waals surface area contributed by atoms with Gasteiger partial charge < -0.3 is 19.0 Å². The number of aryl methyl sites for hydroxylation is 3. The number of nitrogens with zero attached hydrogens (tertiary/aromatic N) is 2. The molecule has 1 aromatic carbocycles. The Bertz CT molecular complexity index is 881. The average molecular weight is 449 g/mol. The first-order valence-corrected chi connectivity index (χ1v) is 10.7. The third-order valence-electron chi connectivity index (χ3n) is 5.92. The van der Waals surface area contributed by atoms with E-state index >= 15 is 0 Å². The molecule has 0 radical (unpaired) electrons. The van der Waals surface area contributed by atoms with Crippen LogP contribution in [0.2, 0.25) is 0 Å². The average Bonchev–Trinajstić information content (AvgIpc) is 2.94. The summed E-state index contributed by atoms with van der Waals surface area (Å²) in [4.78, 5) is 37.4. The summed E-state index contributed by atoms with van der Waals surface area (Å²) in [5.41, 5.74) is 2.96. The second-order valence-corrected chi connectivity index (χ2v) is 8.04. The van der Waals surface area contributed by atoms with Crippen LogP contribution in [0.4, 0.5) is 4.79 Å². The van der Waals surface area contributed by atoms with Gasteiger partial charge in [0.1, 0.15) is 5.54 Å². The first-order chi connectivity index (χ1) is 15.3. The van der Waals surface area contributed by atoms with Crippen LogP contribution >= 0.6 is 0 Å². The minimum atomic E-state index is -0.990. The molecule has 1 saturated heterocycles. The molecule has 0 bridgehead atoms. The smallest absolute Gasteiger partial charge is 0.434 e. The molecule has 32 heavy (non-hydrogen) atoms. The van der Waals surface area contributed by atoms with Crippen molar-refractivity contribution in [2.45, 2.75) is 46.1 Å². The normalized spacial score (nSPS) is 18.6. The predicted octanol–water partition coefficient (Wildman–Crippen LogP) is 3.27. The zero-order valence-corrected chi connectivity index (χ0v) is 19.6. The number of benzene rings is 1. The lowest BCUT2D eigenvalue weighted by molar-refractivity contribution is -0.260. The summed E-state index contributed by atoms with van der Waals surface area (Å²) in [6, 6.07) is 4.01. The number of hydrogen-bond acceptors (Lipinski definition) is 8. The maximum Gasteiger partial charge on any atom is 0.513 e. The quantitative estimate of drug-likeness (QED) is 0.464. The number of hydroxylamine groups is 4. The van der Waals surface area contributed by atoms with Crippen LogP contribution in [-0.2, 0) is 28.7 Å². The maximum absolute atomic E-state index is 13.8. The van der Waals surface area contributed by atoms with Gasteiger partial charge in [0.25, 0.3) is 5.91 Å². The number of carbonyl (C=O) groups excluding carboxylic acids is 2. The fourth-order valence-electron chi connectivity index (χ4n) is 4.65. The molecule has 0 aromatic heterocycles. The molecule has 3 rings (SSSR count). The van der Waals surface area contributed by atoms with E-state index in [1.807, 2.05) is 32.9 Å². The number of carbonyl (C=O) groups is 2. The summed E-state index contributed by atoms with van der Waals surface area (Å²) in [5, 5.41) is 3.11. The second kappa shape index (κ2) is 9.99. The Hall–Kier alpha value is -2.46. The van der Waals surface area contributed by atoms with Crippen LogP contribution in [0.15, 0.2) is 17.9 Å². The van der Waals surface area contributed by atoms with E-state index in [0.29, 0.717) is 31.5 Å². The van der Waals surface area contributed by atoms with E-state index < -0.39 is 11.7 Å². The lowest BCUT2D eigenvalue weighted by Crippen LogP contribution is -2.55. The molecule has 2 aliphatic rings. The van der Waals surface area contributed by atoms with Crippen molar-refractivity contribution in [2.24, 2.45) is 0 Å². The fraction of sp³-hybridized carbons (Fsp3) is 0.565. The summed E-state index contributed by atoms with van der Waals surface area (Å²) in [7, 11) is 3.09. The van der Waals surface area contributed by atoms with Crippen molar-refractivity contribution in [3.63, 3.8) is 0 Å². The fourth-order valence-corrected chi connectivity index (χ4v) is 4.65. The highest BCUT2D eigenvalue weighted by Crippen LogP contribution is 2.48. The standard InChI is InChI=1S/C23H32N2O7/c1-7-30-22(27)32-20-19(18-16(3)12-15(2)13-17(18)4)21(26)25(31-14-28-5)23(20)8-10-24(29-6)11-9-23/h12-13H,7-11,14H2,1-6H3. The molecule has 9 nitrogen and oxygen atoms in total. The van der Waals surface area contributed by atoms with E-state index in [9.17, 15) is 9.59 Å². The molecule has 0 aliphatic carbocycles. The third kappa shape index (κ3) is 4.38. The molecule has 0 saturated carbocycles. The van der Waals surface area contributed by atoms with Gasteiger partial charge >= 0.3 is 6.16 Å². The number of ether oxygens (including phenoxy) is 3. The number of rotatable bonds is 7. The Morgan fingerprint density at radius 3 is 2.25 bits per heavy atom. The van der Waals surface area contributed by atoms with Gasteiger partial charge in [-0.1, -0.05) is 17.7 Å². The SMILES string of the molecule is CCOC(=O)OC1=C(c2c(C)cc(C)cc2C)C(=O)N(OCOC)C12CCN(OC)CC2. The van der Waals surface area contributed by atoms with Gasteiger partial charge in [-0.3, -0.25) is 4.79 Å². The van der Waals surface area contributed by atoms with E-state index in [0.717, 1.165) is 22.3 Å². The van der Waals surface area contributed by atoms with E-state index in [1.54, 1.807) is 19.1 Å². The van der Waals surface area contributed by atoms with Crippen LogP contribution in [0, 0.1) is 20.8 Å². The molecule has 2 heterocycles. The minimum absolute atomic E-state index is 0.118. The summed E-state index contributed by atoms with van der Waals surface area (Å²) in [6.45, 7) is 8.66. The van der Waals surface area contributed by atoms with Gasteiger partial charge in [0.2, 0.25) is 0 Å². The molecule has 1 fully saturated rings. The zero-order valence-electron chi connectivity index (χ0n) is 19.6. The highest BCUT2D eigenvalue weighted by Gasteiger charge is 2.57. The Kier molecular flexibility index (Phi) is 7.55. The van der Waals surface area contributed by atoms with Crippen molar-refractivity contribution < 1.29 is 33.5 Å². The molecule has 1 amide bonds. The van der Waals surface area contributed by atoms with Gasteiger partial charge in [-0.2, -0.15) is 5.06 Å². The Labute approximate surface area is 188 Å². The first-order valence-electron chi connectivity index (χ1n) is 10.7. The summed E-state index contributed by atoms with van der Waals surface area (Å²) < 4.78 is 15.9. The highest BCUT2D eigenvalue weighted by atomic mass is 16.8. The van der Waals surface area contributed by atoms with Crippen molar-refractivity contribution in [1.82, 2.24) is 10.1 Å². The van der Waals surface area contributed by atoms with Crippen molar-refractivity contribution >= 4 is 17.6 Å². The summed E-state index contributed by atoms with van der Waals surface area (Å²) in [6.07, 6.45) is 0.0362. The van der Waals surface area contributed by atoms with Crippen molar-refractivity contribution in [1.29, 1.82) is 0 Å². The van der Waals surface area contributed by atoms with Crippen LogP contribution in [-0.4, -0.2) is 68.4 Å². The minimum Gasteiger partial charge on any atom is -0.434 e. The van der Waals surface area contributed by atoms with E-state index in [1.165, 1.54) is 12.2 Å². The van der Waals surface area contributed by atoms with Crippen LogP contribution in [0.5, 0.6) is 0 Å². The molecule has 1 spiro atoms. The van der Waals surface area contributed by atoms with Gasteiger partial charge in [-0.25, -0.2) is 14.7 Å². The van der Waals surface area contributed by atoms with E-state index in [-0.39, 0.29) is 25.1 Å². The van der Waals surface area contributed by atoms with Crippen LogP contribution < -0.4 is 0 Å². The van der Waals surface area contributed by atoms with Crippen molar-refractivity contribution in [3.8, 4) is 0 Å². The Balaban J connectivity index is 2.21. The van der Waals surface area contributed by atoms with Crippen molar-refractivity contribution in [2.75, 3.05) is 40.7 Å². The monoisotopic (exact) mass is 448 g/mol. The topological polar surface area (TPSA) is 86.8 Å². The van der Waals surface area contributed by atoms with Gasteiger partial charge in [-0.15, -0.1) is 0 Å². The van der Waals surface area contributed by atoms with Gasteiger partial charge in [-0.05, 0) is 57.2 Å². The van der Waals surface area contributed by atoms with Gasteiger partial charge in [0, 0.05) is 20.2 Å². The highest BCUT2D eigenvalue weighted by molar-refractivity contribution is 6.23. The van der Waals surface area contributed by atoms with Gasteiger partial charge in [0.05, 0.1) is 19.3 Å². The number of amides is 1. The third-order valence-corrected chi connectivity index (χ3v) is 5.92. The largest absolute Gasteiger partial charge is 0.513 e. The van der Waals surface area contributed by atoms with Crippen molar-refractivity contribution in [3.05, 3.63) is 40.1 Å². The predicted molar refractivity (Wildman–Crippen MR) is 116 cm³/mol. The lowest BCUT2D eigenvalue weighted by atomic mass is 9.84.